The first-order chi connectivity index (χ1) is 16.8. The van der Waals surface area contributed by atoms with Crippen LogP contribution in [0.1, 0.15) is 5.56 Å². The normalized spacial score (nSPS) is 12.5. The van der Waals surface area contributed by atoms with E-state index in [0.29, 0.717) is 21.5 Å². The Hall–Kier alpha value is -3.97. The number of hydrogen-bond acceptors (Lipinski definition) is 8. The summed E-state index contributed by atoms with van der Waals surface area (Å²) in [7, 11) is -4.22. The van der Waals surface area contributed by atoms with Gasteiger partial charge in [-0.25, -0.2) is 13.8 Å². The molecule has 0 spiro atoms. The van der Waals surface area contributed by atoms with E-state index in [-0.39, 0.29) is 23.1 Å². The highest BCUT2D eigenvalue weighted by atomic mass is 79.9. The number of carbonyl (C=O) groups is 1. The first-order valence-corrected chi connectivity index (χ1v) is 12.2. The van der Waals surface area contributed by atoms with Crippen molar-refractivity contribution in [1.82, 2.24) is 5.43 Å². The first kappa shape index (κ1) is 24.2. The summed E-state index contributed by atoms with van der Waals surface area (Å²) in [4.78, 5) is 23.1. The molecule has 1 aliphatic rings. The van der Waals surface area contributed by atoms with E-state index in [9.17, 15) is 23.3 Å². The molecule has 0 atom stereocenters. The second-order valence-corrected chi connectivity index (χ2v) is 9.84. The van der Waals surface area contributed by atoms with Crippen molar-refractivity contribution in [3.8, 4) is 11.5 Å². The topological polar surface area (TPSA) is 140 Å². The number of carbonyl (C=O) groups excluding carboxylic acids is 1. The Bertz CT molecular complexity index is 1410. The van der Waals surface area contributed by atoms with Crippen molar-refractivity contribution in [3.63, 3.8) is 0 Å². The van der Waals surface area contributed by atoms with E-state index in [1.807, 2.05) is 0 Å². The molecule has 0 fully saturated rings. The lowest BCUT2D eigenvalue weighted by Crippen LogP contribution is -2.39. The predicted molar refractivity (Wildman–Crippen MR) is 130 cm³/mol. The summed E-state index contributed by atoms with van der Waals surface area (Å²) in [6, 6.07) is 15.8. The molecule has 4 rings (SSSR count). The maximum atomic E-state index is 13.3. The average Bonchev–Trinajstić information content (AvgIpc) is 3.30. The largest absolute Gasteiger partial charge is 0.454 e. The van der Waals surface area contributed by atoms with Crippen LogP contribution in [0.5, 0.6) is 11.5 Å². The summed E-state index contributed by atoms with van der Waals surface area (Å²) >= 11 is 3.38. The van der Waals surface area contributed by atoms with E-state index < -0.39 is 27.4 Å². The number of sulfonamides is 1. The number of nitro benzene ring substituents is 1. The lowest BCUT2D eigenvalue weighted by molar-refractivity contribution is -0.384. The third kappa shape index (κ3) is 5.41. The van der Waals surface area contributed by atoms with Gasteiger partial charge in [-0.3, -0.25) is 19.2 Å². The maximum absolute atomic E-state index is 13.3. The molecule has 1 aliphatic heterocycles. The molecule has 35 heavy (non-hydrogen) atoms. The molecular formula is C22H17BrN4O7S. The van der Waals surface area contributed by atoms with Crippen LogP contribution in [0.25, 0.3) is 0 Å². The lowest BCUT2D eigenvalue weighted by atomic mass is 10.2. The molecule has 13 heteroatoms. The van der Waals surface area contributed by atoms with Crippen molar-refractivity contribution >= 4 is 49.4 Å². The highest BCUT2D eigenvalue weighted by Gasteiger charge is 2.28. The summed E-state index contributed by atoms with van der Waals surface area (Å²) in [6.07, 6.45) is 1.35. The summed E-state index contributed by atoms with van der Waals surface area (Å²) in [5.74, 6) is 0.327. The van der Waals surface area contributed by atoms with Gasteiger partial charge >= 0.3 is 0 Å². The van der Waals surface area contributed by atoms with Crippen LogP contribution >= 0.6 is 15.9 Å². The van der Waals surface area contributed by atoms with Crippen LogP contribution in [0, 0.1) is 10.1 Å². The monoisotopic (exact) mass is 560 g/mol. The van der Waals surface area contributed by atoms with Crippen molar-refractivity contribution in [3.05, 3.63) is 86.9 Å². The van der Waals surface area contributed by atoms with Gasteiger partial charge in [0, 0.05) is 22.2 Å². The fourth-order valence-corrected chi connectivity index (χ4v) is 5.03. The highest BCUT2D eigenvalue weighted by molar-refractivity contribution is 9.10. The summed E-state index contributed by atoms with van der Waals surface area (Å²) < 4.78 is 38.6. The van der Waals surface area contributed by atoms with E-state index in [0.717, 1.165) is 10.4 Å². The maximum Gasteiger partial charge on any atom is 0.271 e. The van der Waals surface area contributed by atoms with E-state index in [1.54, 1.807) is 18.2 Å². The number of nitrogens with one attached hydrogen (secondary N) is 1. The van der Waals surface area contributed by atoms with Crippen LogP contribution in [0.15, 0.2) is 81.2 Å². The Morgan fingerprint density at radius 2 is 1.83 bits per heavy atom. The number of halogens is 1. The SMILES string of the molecule is O=C(CN(c1cccc([N+](=O)[O-])c1)S(=O)(=O)c1ccccc1)NN=Cc1cc2c(cc1Br)OCO2. The molecule has 180 valence electrons. The van der Waals surface area contributed by atoms with Gasteiger partial charge in [-0.05, 0) is 46.3 Å². The number of anilines is 1. The van der Waals surface area contributed by atoms with Gasteiger partial charge in [0.25, 0.3) is 21.6 Å². The number of hydrazone groups is 1. The molecule has 0 bridgehead atoms. The zero-order chi connectivity index (χ0) is 25.0. The molecule has 1 N–H and O–H groups in total. The molecule has 0 aromatic heterocycles. The second-order valence-electron chi connectivity index (χ2n) is 7.12. The lowest BCUT2D eigenvalue weighted by Gasteiger charge is -2.23. The van der Waals surface area contributed by atoms with Crippen molar-refractivity contribution in [2.75, 3.05) is 17.6 Å². The van der Waals surface area contributed by atoms with Crippen LogP contribution in [-0.2, 0) is 14.8 Å². The molecule has 0 saturated carbocycles. The minimum absolute atomic E-state index is 0.0410. The highest BCUT2D eigenvalue weighted by Crippen LogP contribution is 2.36. The van der Waals surface area contributed by atoms with Crippen LogP contribution in [-0.4, -0.2) is 38.8 Å². The Morgan fingerprint density at radius 1 is 1.11 bits per heavy atom. The average molecular weight is 561 g/mol. The molecule has 0 unspecified atom stereocenters. The molecule has 0 aliphatic carbocycles. The molecule has 3 aromatic carbocycles. The number of fused-ring (bicyclic) bond motifs is 1. The minimum atomic E-state index is -4.22. The van der Waals surface area contributed by atoms with Gasteiger partial charge < -0.3 is 9.47 Å². The smallest absolute Gasteiger partial charge is 0.271 e. The number of nitrogens with zero attached hydrogens (tertiary/aromatic N) is 3. The molecule has 3 aromatic rings. The van der Waals surface area contributed by atoms with Crippen molar-refractivity contribution < 1.29 is 27.6 Å². The van der Waals surface area contributed by atoms with Gasteiger partial charge in [-0.15, -0.1) is 0 Å². The van der Waals surface area contributed by atoms with E-state index >= 15 is 0 Å². The minimum Gasteiger partial charge on any atom is -0.454 e. The number of non-ortho nitro benzene ring substituents is 1. The fourth-order valence-electron chi connectivity index (χ4n) is 3.17. The van der Waals surface area contributed by atoms with Gasteiger partial charge in [-0.1, -0.05) is 24.3 Å². The Kier molecular flexibility index (Phi) is 6.98. The number of nitro groups is 1. The number of ether oxygens (including phenoxy) is 2. The molecule has 0 radical (unpaired) electrons. The molecule has 0 saturated heterocycles. The Labute approximate surface area is 208 Å². The van der Waals surface area contributed by atoms with Gasteiger partial charge in [0.1, 0.15) is 6.54 Å². The molecule has 11 nitrogen and oxygen atoms in total. The number of rotatable bonds is 8. The third-order valence-electron chi connectivity index (χ3n) is 4.83. The predicted octanol–water partition coefficient (Wildman–Crippen LogP) is 3.43. The van der Waals surface area contributed by atoms with Gasteiger partial charge in [0.15, 0.2) is 11.5 Å². The fraction of sp³-hybridized carbons (Fsp3) is 0.0909. The number of benzene rings is 3. The third-order valence-corrected chi connectivity index (χ3v) is 7.31. The van der Waals surface area contributed by atoms with Crippen LogP contribution in [0.4, 0.5) is 11.4 Å². The van der Waals surface area contributed by atoms with Gasteiger partial charge in [-0.2, -0.15) is 5.10 Å². The Balaban J connectivity index is 1.57. The van der Waals surface area contributed by atoms with Crippen LogP contribution in [0.3, 0.4) is 0 Å². The van der Waals surface area contributed by atoms with Gasteiger partial charge in [0.2, 0.25) is 6.79 Å². The summed E-state index contributed by atoms with van der Waals surface area (Å²) in [5.41, 5.74) is 2.51. The first-order valence-electron chi connectivity index (χ1n) is 9.99. The second kappa shape index (κ2) is 10.1. The Morgan fingerprint density at radius 3 is 2.54 bits per heavy atom. The number of amides is 1. The molecule has 1 amide bonds. The van der Waals surface area contributed by atoms with Crippen molar-refractivity contribution in [2.24, 2.45) is 5.10 Å². The zero-order valence-electron chi connectivity index (χ0n) is 17.8. The van der Waals surface area contributed by atoms with Crippen LogP contribution in [0.2, 0.25) is 0 Å². The summed E-state index contributed by atoms with van der Waals surface area (Å²) in [6.45, 7) is -0.569. The zero-order valence-corrected chi connectivity index (χ0v) is 20.2. The van der Waals surface area contributed by atoms with E-state index in [2.05, 4.69) is 26.5 Å². The van der Waals surface area contributed by atoms with Crippen molar-refractivity contribution in [2.45, 2.75) is 4.90 Å². The van der Waals surface area contributed by atoms with Crippen LogP contribution < -0.4 is 19.2 Å². The standard InChI is InChI=1S/C22H17BrN4O7S/c23-19-11-21-20(33-14-34-21)9-15(19)12-24-25-22(28)13-26(16-5-4-6-17(10-16)27(29)30)35(31,32)18-7-2-1-3-8-18/h1-12H,13-14H2,(H,25,28). The van der Waals surface area contributed by atoms with Crippen molar-refractivity contribution in [1.29, 1.82) is 0 Å². The van der Waals surface area contributed by atoms with Gasteiger partial charge in [0.05, 0.1) is 21.7 Å². The molecule has 1 heterocycles. The van der Waals surface area contributed by atoms with E-state index in [1.165, 1.54) is 48.7 Å². The number of hydrogen-bond donors (Lipinski definition) is 1. The molecular weight excluding hydrogens is 544 g/mol. The quantitative estimate of drug-likeness (QED) is 0.252. The summed E-state index contributed by atoms with van der Waals surface area (Å²) in [5, 5.41) is 15.1. The van der Waals surface area contributed by atoms with E-state index in [4.69, 9.17) is 9.47 Å².